The van der Waals surface area contributed by atoms with E-state index >= 15 is 0 Å². The molecule has 0 aromatic heterocycles. The standard InChI is InChI=1S/C20H23ClN2O3/c1-2-15(16-6-4-3-5-7-16)13-23-20(24)22-12-14-10-17(21)19-18(11-14)25-8-9-26-19/h3-7,10-11,15H,2,8-9,12-13H2,1H3,(H2,22,23,24). The van der Waals surface area contributed by atoms with Gasteiger partial charge < -0.3 is 20.1 Å². The third-order valence-corrected chi connectivity index (χ3v) is 4.66. The molecule has 1 aliphatic heterocycles. The maximum absolute atomic E-state index is 12.1. The van der Waals surface area contributed by atoms with Crippen molar-refractivity contribution in [2.45, 2.75) is 25.8 Å². The first-order valence-electron chi connectivity index (χ1n) is 8.82. The number of amides is 2. The zero-order valence-corrected chi connectivity index (χ0v) is 15.5. The van der Waals surface area contributed by atoms with Crippen molar-refractivity contribution < 1.29 is 14.3 Å². The number of nitrogens with one attached hydrogen (secondary N) is 2. The van der Waals surface area contributed by atoms with Crippen molar-refractivity contribution in [1.29, 1.82) is 0 Å². The highest BCUT2D eigenvalue weighted by molar-refractivity contribution is 6.32. The average Bonchev–Trinajstić information content (AvgIpc) is 2.68. The van der Waals surface area contributed by atoms with E-state index < -0.39 is 0 Å². The summed E-state index contributed by atoms with van der Waals surface area (Å²) in [6.45, 7) is 4.07. The van der Waals surface area contributed by atoms with Crippen molar-refractivity contribution in [1.82, 2.24) is 10.6 Å². The lowest BCUT2D eigenvalue weighted by Gasteiger charge is -2.20. The second-order valence-corrected chi connectivity index (χ2v) is 6.59. The molecule has 2 aromatic carbocycles. The smallest absolute Gasteiger partial charge is 0.315 e. The van der Waals surface area contributed by atoms with E-state index in [1.54, 1.807) is 6.07 Å². The highest BCUT2D eigenvalue weighted by Crippen LogP contribution is 2.38. The van der Waals surface area contributed by atoms with Gasteiger partial charge in [-0.1, -0.05) is 48.9 Å². The number of carbonyl (C=O) groups is 1. The number of urea groups is 1. The molecule has 2 aromatic rings. The van der Waals surface area contributed by atoms with Crippen LogP contribution in [0.3, 0.4) is 0 Å². The van der Waals surface area contributed by atoms with Gasteiger partial charge in [0.15, 0.2) is 11.5 Å². The molecule has 2 amide bonds. The molecule has 1 atom stereocenters. The van der Waals surface area contributed by atoms with Crippen molar-refractivity contribution in [3.63, 3.8) is 0 Å². The van der Waals surface area contributed by atoms with Crippen LogP contribution in [0.1, 0.15) is 30.4 Å². The minimum absolute atomic E-state index is 0.203. The van der Waals surface area contributed by atoms with Crippen LogP contribution in [-0.2, 0) is 6.54 Å². The molecule has 0 aliphatic carbocycles. The maximum Gasteiger partial charge on any atom is 0.315 e. The quantitative estimate of drug-likeness (QED) is 0.800. The molecule has 0 bridgehead atoms. The average molecular weight is 375 g/mol. The van der Waals surface area contributed by atoms with Gasteiger partial charge in [0.2, 0.25) is 0 Å². The van der Waals surface area contributed by atoms with Gasteiger partial charge in [0.1, 0.15) is 13.2 Å². The van der Waals surface area contributed by atoms with Crippen LogP contribution in [0.15, 0.2) is 42.5 Å². The summed E-state index contributed by atoms with van der Waals surface area (Å²) in [5.74, 6) is 1.49. The van der Waals surface area contributed by atoms with E-state index in [1.165, 1.54) is 5.56 Å². The Bertz CT molecular complexity index is 752. The van der Waals surface area contributed by atoms with E-state index in [-0.39, 0.29) is 6.03 Å². The van der Waals surface area contributed by atoms with E-state index in [4.69, 9.17) is 21.1 Å². The third kappa shape index (κ3) is 4.61. The Kier molecular flexibility index (Phi) is 6.23. The Balaban J connectivity index is 1.52. The maximum atomic E-state index is 12.1. The minimum atomic E-state index is -0.203. The molecule has 6 heteroatoms. The van der Waals surface area contributed by atoms with Gasteiger partial charge in [0.25, 0.3) is 0 Å². The highest BCUT2D eigenvalue weighted by Gasteiger charge is 2.17. The summed E-state index contributed by atoms with van der Waals surface area (Å²) in [4.78, 5) is 12.1. The Labute approximate surface area is 158 Å². The van der Waals surface area contributed by atoms with E-state index in [1.807, 2.05) is 24.3 Å². The normalized spacial score (nSPS) is 13.8. The number of fused-ring (bicyclic) bond motifs is 1. The molecule has 0 saturated heterocycles. The van der Waals surface area contributed by atoms with Crippen molar-refractivity contribution in [2.75, 3.05) is 19.8 Å². The zero-order valence-electron chi connectivity index (χ0n) is 14.8. The van der Waals surface area contributed by atoms with E-state index in [9.17, 15) is 4.79 Å². The first-order valence-corrected chi connectivity index (χ1v) is 9.19. The van der Waals surface area contributed by atoms with Gasteiger partial charge in [0.05, 0.1) is 5.02 Å². The van der Waals surface area contributed by atoms with Crippen molar-refractivity contribution >= 4 is 17.6 Å². The molecule has 0 fully saturated rings. The first kappa shape index (κ1) is 18.4. The summed E-state index contributed by atoms with van der Waals surface area (Å²) in [5.41, 5.74) is 2.10. The second-order valence-electron chi connectivity index (χ2n) is 6.18. The van der Waals surface area contributed by atoms with Crippen LogP contribution < -0.4 is 20.1 Å². The molecule has 3 rings (SSSR count). The van der Waals surface area contributed by atoms with E-state index in [0.717, 1.165) is 12.0 Å². The van der Waals surface area contributed by atoms with Crippen molar-refractivity contribution in [3.05, 3.63) is 58.6 Å². The van der Waals surface area contributed by atoms with Gasteiger partial charge in [0, 0.05) is 19.0 Å². The molecular formula is C20H23ClN2O3. The molecule has 2 N–H and O–H groups in total. The number of ether oxygens (including phenoxy) is 2. The monoisotopic (exact) mass is 374 g/mol. The second kappa shape index (κ2) is 8.81. The van der Waals surface area contributed by atoms with Gasteiger partial charge >= 0.3 is 6.03 Å². The van der Waals surface area contributed by atoms with Crippen LogP contribution in [-0.4, -0.2) is 25.8 Å². The van der Waals surface area contributed by atoms with Crippen LogP contribution in [0.2, 0.25) is 5.02 Å². The first-order chi connectivity index (χ1) is 12.7. The summed E-state index contributed by atoms with van der Waals surface area (Å²) in [6.07, 6.45) is 0.960. The molecule has 1 unspecified atom stereocenters. The summed E-state index contributed by atoms with van der Waals surface area (Å²) in [6, 6.07) is 13.6. The molecule has 0 radical (unpaired) electrons. The van der Waals surface area contributed by atoms with Gasteiger partial charge in [-0.3, -0.25) is 0 Å². The molecule has 138 valence electrons. The van der Waals surface area contributed by atoms with E-state index in [0.29, 0.717) is 48.7 Å². The van der Waals surface area contributed by atoms with Gasteiger partial charge in [-0.25, -0.2) is 4.79 Å². The van der Waals surface area contributed by atoms with Gasteiger partial charge in [-0.2, -0.15) is 0 Å². The van der Waals surface area contributed by atoms with Gasteiger partial charge in [-0.15, -0.1) is 0 Å². The number of hydrogen-bond acceptors (Lipinski definition) is 3. The molecule has 1 aliphatic rings. The molecular weight excluding hydrogens is 352 g/mol. The number of benzene rings is 2. The minimum Gasteiger partial charge on any atom is -0.486 e. The number of hydrogen-bond donors (Lipinski definition) is 2. The zero-order chi connectivity index (χ0) is 18.4. The van der Waals surface area contributed by atoms with Crippen LogP contribution in [0.25, 0.3) is 0 Å². The van der Waals surface area contributed by atoms with Crippen molar-refractivity contribution in [3.8, 4) is 11.5 Å². The van der Waals surface area contributed by atoms with Gasteiger partial charge in [-0.05, 0) is 29.7 Å². The summed E-state index contributed by atoms with van der Waals surface area (Å²) in [7, 11) is 0. The topological polar surface area (TPSA) is 59.6 Å². The summed E-state index contributed by atoms with van der Waals surface area (Å²) >= 11 is 6.22. The fraction of sp³-hybridized carbons (Fsp3) is 0.350. The number of rotatable bonds is 6. The number of carbonyl (C=O) groups excluding carboxylic acids is 1. The Morgan fingerprint density at radius 2 is 1.92 bits per heavy atom. The van der Waals surface area contributed by atoms with Crippen molar-refractivity contribution in [2.24, 2.45) is 0 Å². The Hall–Kier alpha value is -2.40. The molecule has 0 spiro atoms. The SMILES string of the molecule is CCC(CNC(=O)NCc1cc(Cl)c2c(c1)OCCO2)c1ccccc1. The Morgan fingerprint density at radius 3 is 2.69 bits per heavy atom. The fourth-order valence-electron chi connectivity index (χ4n) is 2.95. The van der Waals surface area contributed by atoms with Crippen LogP contribution >= 0.6 is 11.6 Å². The summed E-state index contributed by atoms with van der Waals surface area (Å²) < 4.78 is 11.1. The van der Waals surface area contributed by atoms with Crippen LogP contribution in [0, 0.1) is 0 Å². The lowest BCUT2D eigenvalue weighted by atomic mass is 9.97. The molecule has 5 nitrogen and oxygen atoms in total. The largest absolute Gasteiger partial charge is 0.486 e. The van der Waals surface area contributed by atoms with Crippen LogP contribution in [0.4, 0.5) is 4.79 Å². The lowest BCUT2D eigenvalue weighted by Crippen LogP contribution is -2.37. The fourth-order valence-corrected chi connectivity index (χ4v) is 3.24. The van der Waals surface area contributed by atoms with Crippen LogP contribution in [0.5, 0.6) is 11.5 Å². The predicted molar refractivity (Wildman–Crippen MR) is 102 cm³/mol. The number of halogens is 1. The molecule has 0 saturated carbocycles. The third-order valence-electron chi connectivity index (χ3n) is 4.38. The molecule has 26 heavy (non-hydrogen) atoms. The highest BCUT2D eigenvalue weighted by atomic mass is 35.5. The lowest BCUT2D eigenvalue weighted by molar-refractivity contribution is 0.171. The molecule has 1 heterocycles. The summed E-state index contributed by atoms with van der Waals surface area (Å²) in [5, 5.41) is 6.29. The predicted octanol–water partition coefficient (Wildman–Crippen LogP) is 4.10. The van der Waals surface area contributed by atoms with E-state index in [2.05, 4.69) is 29.7 Å². The Morgan fingerprint density at radius 1 is 1.15 bits per heavy atom.